The summed E-state index contributed by atoms with van der Waals surface area (Å²) in [5.74, 6) is 0.576. The second-order valence-corrected chi connectivity index (χ2v) is 6.82. The second kappa shape index (κ2) is 6.23. The van der Waals surface area contributed by atoms with Crippen LogP contribution in [-0.4, -0.2) is 42.5 Å². The third kappa shape index (κ3) is 4.46. The van der Waals surface area contributed by atoms with Crippen molar-refractivity contribution in [3.8, 4) is 0 Å². The van der Waals surface area contributed by atoms with E-state index in [2.05, 4.69) is 17.3 Å². The predicted molar refractivity (Wildman–Crippen MR) is 77.8 cm³/mol. The number of carbonyl (C=O) groups excluding carboxylic acids is 1. The van der Waals surface area contributed by atoms with Crippen LogP contribution in [0, 0.1) is 5.92 Å². The summed E-state index contributed by atoms with van der Waals surface area (Å²) in [6.45, 7) is 3.76. The van der Waals surface area contributed by atoms with Crippen LogP contribution in [0.15, 0.2) is 0 Å². The zero-order chi connectivity index (χ0) is 13.9. The maximum absolute atomic E-state index is 11.7. The molecular formula is C15H29N3O. The molecule has 4 nitrogen and oxygen atoms in total. The van der Waals surface area contributed by atoms with Crippen molar-refractivity contribution in [1.82, 2.24) is 10.2 Å². The first-order valence-electron chi connectivity index (χ1n) is 7.76. The van der Waals surface area contributed by atoms with E-state index in [1.54, 1.807) is 0 Å². The van der Waals surface area contributed by atoms with Crippen molar-refractivity contribution in [2.75, 3.05) is 20.1 Å². The number of hydrogen-bond donors (Lipinski definition) is 2. The summed E-state index contributed by atoms with van der Waals surface area (Å²) in [5, 5.41) is 3.42. The molecule has 0 radical (unpaired) electrons. The van der Waals surface area contributed by atoms with Crippen molar-refractivity contribution in [2.24, 2.45) is 11.7 Å². The third-order valence-corrected chi connectivity index (χ3v) is 4.52. The number of nitrogens with zero attached hydrogens (tertiary/aromatic N) is 1. The molecule has 110 valence electrons. The molecule has 0 spiro atoms. The first-order chi connectivity index (χ1) is 8.99. The number of hydrogen-bond acceptors (Lipinski definition) is 3. The van der Waals surface area contributed by atoms with E-state index in [0.717, 1.165) is 19.0 Å². The van der Waals surface area contributed by atoms with E-state index in [-0.39, 0.29) is 5.91 Å². The van der Waals surface area contributed by atoms with Crippen LogP contribution in [0.25, 0.3) is 0 Å². The second-order valence-electron chi connectivity index (χ2n) is 6.82. The molecule has 1 amide bonds. The third-order valence-electron chi connectivity index (χ3n) is 4.52. The van der Waals surface area contributed by atoms with Crippen LogP contribution < -0.4 is 11.1 Å². The molecule has 0 aliphatic heterocycles. The van der Waals surface area contributed by atoms with Gasteiger partial charge in [0.1, 0.15) is 5.54 Å². The van der Waals surface area contributed by atoms with Crippen molar-refractivity contribution >= 4 is 5.91 Å². The van der Waals surface area contributed by atoms with E-state index in [0.29, 0.717) is 6.04 Å². The summed E-state index contributed by atoms with van der Waals surface area (Å²) in [6, 6.07) is 0.501. The summed E-state index contributed by atoms with van der Waals surface area (Å²) in [5.41, 5.74) is 5.02. The molecule has 0 saturated heterocycles. The highest BCUT2D eigenvalue weighted by atomic mass is 16.1. The molecule has 1 unspecified atom stereocenters. The fraction of sp³-hybridized carbons (Fsp3) is 0.933. The summed E-state index contributed by atoms with van der Waals surface area (Å²) in [7, 11) is 2.12. The van der Waals surface area contributed by atoms with Gasteiger partial charge in [-0.05, 0) is 45.6 Å². The molecule has 2 aliphatic rings. The Morgan fingerprint density at radius 2 is 1.89 bits per heavy atom. The normalized spacial score (nSPS) is 24.4. The van der Waals surface area contributed by atoms with E-state index < -0.39 is 5.54 Å². The Morgan fingerprint density at radius 3 is 2.42 bits per heavy atom. The van der Waals surface area contributed by atoms with Crippen molar-refractivity contribution in [2.45, 2.75) is 63.5 Å². The quantitative estimate of drug-likeness (QED) is 0.735. The van der Waals surface area contributed by atoms with Gasteiger partial charge in [-0.1, -0.05) is 19.3 Å². The molecule has 2 rings (SSSR count). The van der Waals surface area contributed by atoms with Gasteiger partial charge in [0, 0.05) is 19.1 Å². The van der Waals surface area contributed by atoms with E-state index >= 15 is 0 Å². The lowest BCUT2D eigenvalue weighted by atomic mass is 9.88. The lowest BCUT2D eigenvalue weighted by molar-refractivity contribution is -0.124. The van der Waals surface area contributed by atoms with Crippen LogP contribution in [-0.2, 0) is 4.79 Å². The number of amides is 1. The average molecular weight is 267 g/mol. The van der Waals surface area contributed by atoms with E-state index in [4.69, 9.17) is 5.73 Å². The number of likely N-dealkylation sites (N-methyl/N-ethyl adjacent to an activating group) is 1. The fourth-order valence-electron chi connectivity index (χ4n) is 3.29. The topological polar surface area (TPSA) is 58.4 Å². The monoisotopic (exact) mass is 267 g/mol. The van der Waals surface area contributed by atoms with Crippen LogP contribution in [0.3, 0.4) is 0 Å². The Morgan fingerprint density at radius 1 is 1.26 bits per heavy atom. The average Bonchev–Trinajstić information content (AvgIpc) is 3.13. The molecule has 0 heterocycles. The Labute approximate surface area is 117 Å². The first-order valence-corrected chi connectivity index (χ1v) is 7.76. The molecule has 0 bridgehead atoms. The highest BCUT2D eigenvalue weighted by Gasteiger charge is 2.38. The van der Waals surface area contributed by atoms with Gasteiger partial charge in [-0.15, -0.1) is 0 Å². The zero-order valence-corrected chi connectivity index (χ0v) is 12.5. The Hall–Kier alpha value is -0.610. The summed E-state index contributed by atoms with van der Waals surface area (Å²) in [6.07, 6.45) is 9.16. The summed E-state index contributed by atoms with van der Waals surface area (Å²) >= 11 is 0. The smallest absolute Gasteiger partial charge is 0.238 e. The molecular weight excluding hydrogens is 238 g/mol. The van der Waals surface area contributed by atoms with Crippen LogP contribution >= 0.6 is 0 Å². The highest BCUT2D eigenvalue weighted by Crippen LogP contribution is 2.26. The van der Waals surface area contributed by atoms with Crippen LogP contribution in [0.4, 0.5) is 0 Å². The molecule has 3 N–H and O–H groups in total. The van der Waals surface area contributed by atoms with Gasteiger partial charge in [-0.2, -0.15) is 0 Å². The fourth-order valence-corrected chi connectivity index (χ4v) is 3.29. The first kappa shape index (κ1) is 14.8. The minimum Gasteiger partial charge on any atom is -0.368 e. The lowest BCUT2D eigenvalue weighted by Crippen LogP contribution is -2.60. The maximum atomic E-state index is 11.7. The molecule has 2 aliphatic carbocycles. The van der Waals surface area contributed by atoms with Gasteiger partial charge in [0.05, 0.1) is 0 Å². The van der Waals surface area contributed by atoms with Gasteiger partial charge >= 0.3 is 0 Å². The minimum atomic E-state index is -0.579. The van der Waals surface area contributed by atoms with Crippen molar-refractivity contribution in [3.05, 3.63) is 0 Å². The lowest BCUT2D eigenvalue weighted by Gasteiger charge is -2.34. The largest absolute Gasteiger partial charge is 0.368 e. The standard InChI is InChI=1S/C15H29N3O/c1-15(14(16)19,17-13-8-9-13)11-18(2)10-12-6-4-3-5-7-12/h12-13,17H,3-11H2,1-2H3,(H2,16,19). The molecule has 0 aromatic heterocycles. The Balaban J connectivity index is 1.83. The van der Waals surface area contributed by atoms with Crippen LogP contribution in [0.5, 0.6) is 0 Å². The minimum absolute atomic E-state index is 0.227. The van der Waals surface area contributed by atoms with E-state index in [9.17, 15) is 4.79 Å². The van der Waals surface area contributed by atoms with Gasteiger partial charge < -0.3 is 10.6 Å². The van der Waals surface area contributed by atoms with Gasteiger partial charge in [0.25, 0.3) is 0 Å². The van der Waals surface area contributed by atoms with Gasteiger partial charge in [-0.3, -0.25) is 10.1 Å². The molecule has 0 aromatic carbocycles. The molecule has 19 heavy (non-hydrogen) atoms. The molecule has 0 aromatic rings. The van der Waals surface area contributed by atoms with Crippen LogP contribution in [0.1, 0.15) is 51.9 Å². The zero-order valence-electron chi connectivity index (χ0n) is 12.5. The van der Waals surface area contributed by atoms with E-state index in [1.165, 1.54) is 44.9 Å². The van der Waals surface area contributed by atoms with Gasteiger partial charge in [0.15, 0.2) is 0 Å². The number of nitrogens with two attached hydrogens (primary N) is 1. The molecule has 2 fully saturated rings. The molecule has 1 atom stereocenters. The Kier molecular flexibility index (Phi) is 4.85. The number of nitrogens with one attached hydrogen (secondary N) is 1. The number of carbonyl (C=O) groups is 1. The number of primary amides is 1. The highest BCUT2D eigenvalue weighted by molar-refractivity contribution is 5.84. The van der Waals surface area contributed by atoms with E-state index in [1.807, 2.05) is 6.92 Å². The molecule has 2 saturated carbocycles. The van der Waals surface area contributed by atoms with Crippen molar-refractivity contribution in [3.63, 3.8) is 0 Å². The van der Waals surface area contributed by atoms with Gasteiger partial charge in [0.2, 0.25) is 5.91 Å². The Bertz CT molecular complexity index is 311. The van der Waals surface area contributed by atoms with Crippen molar-refractivity contribution < 1.29 is 4.79 Å². The summed E-state index contributed by atoms with van der Waals surface area (Å²) in [4.78, 5) is 14.0. The SMILES string of the molecule is CN(CC1CCCCC1)CC(C)(NC1CC1)C(N)=O. The number of rotatable bonds is 7. The summed E-state index contributed by atoms with van der Waals surface area (Å²) < 4.78 is 0. The maximum Gasteiger partial charge on any atom is 0.238 e. The van der Waals surface area contributed by atoms with Crippen molar-refractivity contribution in [1.29, 1.82) is 0 Å². The van der Waals surface area contributed by atoms with Crippen LogP contribution in [0.2, 0.25) is 0 Å². The molecule has 4 heteroatoms. The predicted octanol–water partition coefficient (Wildman–Crippen LogP) is 1.49. The van der Waals surface area contributed by atoms with Gasteiger partial charge in [-0.25, -0.2) is 0 Å².